The molecule has 0 unspecified atom stereocenters. The van der Waals surface area contributed by atoms with Gasteiger partial charge in [0.1, 0.15) is 11.8 Å². The molecule has 0 aromatic heterocycles. The molecule has 5 nitrogen and oxygen atoms in total. The first-order valence-corrected chi connectivity index (χ1v) is 10.1. The van der Waals surface area contributed by atoms with Crippen LogP contribution in [0.2, 0.25) is 0 Å². The van der Waals surface area contributed by atoms with Gasteiger partial charge in [0.15, 0.2) is 0 Å². The molecule has 0 bridgehead atoms. The van der Waals surface area contributed by atoms with Crippen molar-refractivity contribution >= 4 is 6.29 Å². The van der Waals surface area contributed by atoms with E-state index in [1.54, 1.807) is 26.4 Å². The highest BCUT2D eigenvalue weighted by Gasteiger charge is 2.52. The molecular formula is C23H36N2O3. The summed E-state index contributed by atoms with van der Waals surface area (Å²) in [4.78, 5) is 12.0. The molecule has 1 aliphatic rings. The van der Waals surface area contributed by atoms with Gasteiger partial charge in [0.25, 0.3) is 0 Å². The maximum atomic E-state index is 12.0. The molecule has 2 rings (SSSR count). The normalized spacial score (nSPS) is 25.1. The molecular weight excluding hydrogens is 352 g/mol. The van der Waals surface area contributed by atoms with Gasteiger partial charge in [-0.25, -0.2) is 0 Å². The van der Waals surface area contributed by atoms with E-state index in [9.17, 15) is 4.79 Å². The van der Waals surface area contributed by atoms with E-state index in [-0.39, 0.29) is 11.5 Å². The molecule has 156 valence electrons. The number of fused-ring (bicyclic) bond motifs is 1. The van der Waals surface area contributed by atoms with Crippen molar-refractivity contribution in [1.29, 1.82) is 5.26 Å². The van der Waals surface area contributed by atoms with Gasteiger partial charge in [0.05, 0.1) is 17.7 Å². The number of aldehydes is 1. The lowest BCUT2D eigenvalue weighted by Gasteiger charge is -2.38. The van der Waals surface area contributed by atoms with Crippen LogP contribution in [0.25, 0.3) is 0 Å². The third kappa shape index (κ3) is 5.00. The Bertz CT molecular complexity index is 683. The third-order valence-electron chi connectivity index (χ3n) is 6.30. The van der Waals surface area contributed by atoms with Crippen molar-refractivity contribution in [2.24, 2.45) is 17.1 Å². The van der Waals surface area contributed by atoms with Crippen molar-refractivity contribution in [3.63, 3.8) is 0 Å². The minimum atomic E-state index is -1.05. The largest absolute Gasteiger partial charge is 0.385 e. The van der Waals surface area contributed by atoms with Gasteiger partial charge in [-0.2, -0.15) is 5.26 Å². The topological polar surface area (TPSA) is 85.3 Å². The monoisotopic (exact) mass is 388 g/mol. The molecule has 28 heavy (non-hydrogen) atoms. The summed E-state index contributed by atoms with van der Waals surface area (Å²) in [6.07, 6.45) is 4.52. The first kappa shape index (κ1) is 24.3. The molecule has 1 aromatic rings. The number of methoxy groups -OCH3 is 2. The maximum Gasteiger partial charge on any atom is 0.144 e. The van der Waals surface area contributed by atoms with Gasteiger partial charge < -0.3 is 20.0 Å². The Hall–Kier alpha value is -1.74. The van der Waals surface area contributed by atoms with Gasteiger partial charge in [-0.3, -0.25) is 0 Å². The highest BCUT2D eigenvalue weighted by Crippen LogP contribution is 2.50. The lowest BCUT2D eigenvalue weighted by molar-refractivity contribution is -0.116. The first-order chi connectivity index (χ1) is 13.3. The minimum absolute atomic E-state index is 0.168. The Kier molecular flexibility index (Phi) is 9.29. The van der Waals surface area contributed by atoms with E-state index in [4.69, 9.17) is 15.7 Å². The smallest absolute Gasteiger partial charge is 0.144 e. The summed E-state index contributed by atoms with van der Waals surface area (Å²) >= 11 is 0. The van der Waals surface area contributed by atoms with E-state index in [1.165, 1.54) is 0 Å². The zero-order valence-corrected chi connectivity index (χ0v) is 18.2. The lowest BCUT2D eigenvalue weighted by atomic mass is 9.69. The van der Waals surface area contributed by atoms with Gasteiger partial charge in [-0.05, 0) is 55.4 Å². The molecule has 0 amide bonds. The SMILES string of the molecule is CCOC.CC[C@H](C)[C@@H](CC[C@@]1(C)Cc2ccc(C#N)cc2[C@@]1(N)C=O)OC. The minimum Gasteiger partial charge on any atom is -0.385 e. The van der Waals surface area contributed by atoms with Crippen molar-refractivity contribution in [2.75, 3.05) is 20.8 Å². The molecule has 1 aliphatic carbocycles. The fraction of sp³-hybridized carbons (Fsp3) is 0.652. The van der Waals surface area contributed by atoms with Crippen LogP contribution < -0.4 is 5.73 Å². The molecule has 0 aliphatic heterocycles. The second kappa shape index (κ2) is 10.7. The molecule has 0 heterocycles. The maximum absolute atomic E-state index is 12.0. The Balaban J connectivity index is 0.000000892. The fourth-order valence-corrected chi connectivity index (χ4v) is 3.94. The highest BCUT2D eigenvalue weighted by molar-refractivity contribution is 5.73. The summed E-state index contributed by atoms with van der Waals surface area (Å²) in [5.41, 5.74) is 7.59. The lowest BCUT2D eigenvalue weighted by Crippen LogP contribution is -2.50. The summed E-state index contributed by atoms with van der Waals surface area (Å²) in [5, 5.41) is 9.14. The molecule has 4 atom stereocenters. The number of hydrogen-bond donors (Lipinski definition) is 1. The summed E-state index contributed by atoms with van der Waals surface area (Å²) in [7, 11) is 3.43. The van der Waals surface area contributed by atoms with Gasteiger partial charge in [0, 0.05) is 26.2 Å². The van der Waals surface area contributed by atoms with Crippen LogP contribution in [0.1, 0.15) is 63.6 Å². The third-order valence-corrected chi connectivity index (χ3v) is 6.30. The molecule has 0 saturated heterocycles. The van der Waals surface area contributed by atoms with E-state index < -0.39 is 5.54 Å². The van der Waals surface area contributed by atoms with Gasteiger partial charge in [0.2, 0.25) is 0 Å². The highest BCUT2D eigenvalue weighted by atomic mass is 16.5. The molecule has 0 fully saturated rings. The Morgan fingerprint density at radius 3 is 2.46 bits per heavy atom. The second-order valence-electron chi connectivity index (χ2n) is 7.98. The van der Waals surface area contributed by atoms with Crippen molar-refractivity contribution in [2.45, 2.75) is 65.0 Å². The van der Waals surface area contributed by atoms with E-state index in [0.29, 0.717) is 11.5 Å². The number of nitrogens with zero attached hydrogens (tertiary/aromatic N) is 1. The molecule has 0 spiro atoms. The summed E-state index contributed by atoms with van der Waals surface area (Å²) in [6.45, 7) is 9.21. The number of benzene rings is 1. The number of carbonyl (C=O) groups excluding carboxylic acids is 1. The van der Waals surface area contributed by atoms with Crippen molar-refractivity contribution in [3.8, 4) is 6.07 Å². The quantitative estimate of drug-likeness (QED) is 0.681. The van der Waals surface area contributed by atoms with Crippen LogP contribution in [0.15, 0.2) is 18.2 Å². The van der Waals surface area contributed by atoms with Crippen LogP contribution >= 0.6 is 0 Å². The van der Waals surface area contributed by atoms with Crippen LogP contribution in [0.4, 0.5) is 0 Å². The molecule has 5 heteroatoms. The van der Waals surface area contributed by atoms with Crippen LogP contribution in [-0.2, 0) is 26.2 Å². The summed E-state index contributed by atoms with van der Waals surface area (Å²) in [5.74, 6) is 0.468. The molecule has 1 aromatic carbocycles. The van der Waals surface area contributed by atoms with Crippen molar-refractivity contribution in [3.05, 3.63) is 34.9 Å². The number of nitriles is 1. The first-order valence-electron chi connectivity index (χ1n) is 10.1. The van der Waals surface area contributed by atoms with E-state index in [0.717, 1.165) is 49.7 Å². The summed E-state index contributed by atoms with van der Waals surface area (Å²) < 4.78 is 10.2. The van der Waals surface area contributed by atoms with Gasteiger partial charge >= 0.3 is 0 Å². The standard InChI is InChI=1S/C20H28N2O2.C3H8O/c1-5-14(2)18(24-4)8-9-19(3)11-16-7-6-15(12-21)10-17(16)20(19,22)13-23;1-3-4-2/h6-7,10,13-14,18H,5,8-9,11,22H2,1-4H3;3H2,1-2H3/t14-,18+,19-,20-;/m0./s1. The number of nitrogens with two attached hydrogens (primary N) is 1. The van der Waals surface area contributed by atoms with Crippen LogP contribution in [0.3, 0.4) is 0 Å². The number of rotatable bonds is 8. The average molecular weight is 389 g/mol. The zero-order valence-electron chi connectivity index (χ0n) is 18.2. The molecule has 0 saturated carbocycles. The number of carbonyl (C=O) groups is 1. The van der Waals surface area contributed by atoms with E-state index in [1.807, 2.05) is 13.0 Å². The Labute approximate surface area is 170 Å². The Morgan fingerprint density at radius 1 is 1.36 bits per heavy atom. The van der Waals surface area contributed by atoms with Gasteiger partial charge in [-0.15, -0.1) is 0 Å². The van der Waals surface area contributed by atoms with Crippen molar-refractivity contribution < 1.29 is 14.3 Å². The van der Waals surface area contributed by atoms with Gasteiger partial charge in [-0.1, -0.05) is 33.3 Å². The Morgan fingerprint density at radius 2 is 2.00 bits per heavy atom. The predicted octanol–water partition coefficient (Wildman–Crippen LogP) is 3.97. The van der Waals surface area contributed by atoms with Crippen molar-refractivity contribution in [1.82, 2.24) is 0 Å². The summed E-state index contributed by atoms with van der Waals surface area (Å²) in [6, 6.07) is 7.65. The predicted molar refractivity (Wildman–Crippen MR) is 112 cm³/mol. The number of hydrogen-bond acceptors (Lipinski definition) is 5. The van der Waals surface area contributed by atoms with Crippen LogP contribution in [0, 0.1) is 22.7 Å². The second-order valence-corrected chi connectivity index (χ2v) is 7.98. The van der Waals surface area contributed by atoms with E-state index >= 15 is 0 Å². The molecule has 2 N–H and O–H groups in total. The van der Waals surface area contributed by atoms with E-state index in [2.05, 4.69) is 31.6 Å². The fourth-order valence-electron chi connectivity index (χ4n) is 3.94. The van der Waals surface area contributed by atoms with Crippen LogP contribution in [0.5, 0.6) is 0 Å². The number of ether oxygens (including phenoxy) is 2. The molecule has 0 radical (unpaired) electrons. The average Bonchev–Trinajstić information content (AvgIpc) is 2.95. The van der Waals surface area contributed by atoms with Crippen LogP contribution in [-0.4, -0.2) is 33.2 Å². The zero-order chi connectivity index (χ0) is 21.4.